The van der Waals surface area contributed by atoms with Gasteiger partial charge in [0.05, 0.1) is 24.8 Å². The van der Waals surface area contributed by atoms with Crippen molar-refractivity contribution in [2.24, 2.45) is 0 Å². The summed E-state index contributed by atoms with van der Waals surface area (Å²) in [5.74, 6) is 0.480. The number of carbonyl (C=O) groups excluding carboxylic acids is 1. The molecule has 1 aliphatic heterocycles. The van der Waals surface area contributed by atoms with E-state index >= 15 is 0 Å². The van der Waals surface area contributed by atoms with E-state index in [0.29, 0.717) is 18.0 Å². The van der Waals surface area contributed by atoms with Crippen molar-refractivity contribution in [1.82, 2.24) is 4.90 Å². The van der Waals surface area contributed by atoms with E-state index in [1.807, 2.05) is 25.1 Å². The summed E-state index contributed by atoms with van der Waals surface area (Å²) in [5, 5.41) is 0. The molecule has 1 fully saturated rings. The minimum absolute atomic E-state index is 0.150. The fourth-order valence-corrected chi connectivity index (χ4v) is 2.91. The van der Waals surface area contributed by atoms with Gasteiger partial charge >= 0.3 is 5.97 Å². The van der Waals surface area contributed by atoms with Gasteiger partial charge in [-0.15, -0.1) is 0 Å². The maximum atomic E-state index is 12.6. The van der Waals surface area contributed by atoms with Crippen LogP contribution in [-0.4, -0.2) is 44.7 Å². The van der Waals surface area contributed by atoms with Crippen LogP contribution in [0.3, 0.4) is 0 Å². The third-order valence-electron chi connectivity index (χ3n) is 4.29. The Morgan fingerprint density at radius 1 is 1.38 bits per heavy atom. The molecule has 1 saturated heterocycles. The van der Waals surface area contributed by atoms with Crippen LogP contribution in [0.15, 0.2) is 18.2 Å². The Labute approximate surface area is 126 Å². The highest BCUT2D eigenvalue weighted by atomic mass is 16.5. The smallest absolute Gasteiger partial charge is 0.316 e. The van der Waals surface area contributed by atoms with Gasteiger partial charge in [0, 0.05) is 0 Å². The third kappa shape index (κ3) is 2.97. The van der Waals surface area contributed by atoms with Crippen molar-refractivity contribution >= 4 is 11.7 Å². The predicted octanol–water partition coefficient (Wildman–Crippen LogP) is 1.80. The van der Waals surface area contributed by atoms with E-state index in [1.165, 1.54) is 0 Å². The van der Waals surface area contributed by atoms with Crippen molar-refractivity contribution in [2.75, 3.05) is 39.6 Å². The quantitative estimate of drug-likeness (QED) is 0.677. The van der Waals surface area contributed by atoms with Crippen LogP contribution >= 0.6 is 0 Å². The summed E-state index contributed by atoms with van der Waals surface area (Å²) < 4.78 is 10.5. The maximum absolute atomic E-state index is 12.6. The molecule has 116 valence electrons. The zero-order chi connectivity index (χ0) is 15.5. The van der Waals surface area contributed by atoms with Crippen LogP contribution in [0.2, 0.25) is 0 Å². The Morgan fingerprint density at radius 2 is 2.05 bits per heavy atom. The molecule has 21 heavy (non-hydrogen) atoms. The SMILES string of the molecule is CCOC(=O)C1(c2ccc(OC)c(N)c2)CCN(C)CC1. The molecule has 0 spiro atoms. The van der Waals surface area contributed by atoms with E-state index in [1.54, 1.807) is 7.11 Å². The first-order valence-corrected chi connectivity index (χ1v) is 7.33. The Bertz CT molecular complexity index is 508. The average molecular weight is 292 g/mol. The second-order valence-electron chi connectivity index (χ2n) is 5.56. The lowest BCUT2D eigenvalue weighted by atomic mass is 9.72. The van der Waals surface area contributed by atoms with E-state index in [4.69, 9.17) is 15.2 Å². The maximum Gasteiger partial charge on any atom is 0.316 e. The number of nitrogens with two attached hydrogens (primary N) is 1. The molecule has 1 heterocycles. The highest BCUT2D eigenvalue weighted by Gasteiger charge is 2.43. The molecule has 1 aromatic rings. The highest BCUT2D eigenvalue weighted by Crippen LogP contribution is 2.39. The zero-order valence-electron chi connectivity index (χ0n) is 13.0. The minimum Gasteiger partial charge on any atom is -0.495 e. The number of benzene rings is 1. The van der Waals surface area contributed by atoms with Gasteiger partial charge in [0.1, 0.15) is 5.75 Å². The van der Waals surface area contributed by atoms with Crippen LogP contribution in [0, 0.1) is 0 Å². The first-order chi connectivity index (χ1) is 10.0. The van der Waals surface area contributed by atoms with E-state index in [0.717, 1.165) is 31.5 Å². The third-order valence-corrected chi connectivity index (χ3v) is 4.29. The molecule has 0 amide bonds. The lowest BCUT2D eigenvalue weighted by Crippen LogP contribution is -2.47. The fraction of sp³-hybridized carbons (Fsp3) is 0.562. The molecule has 0 aromatic heterocycles. The van der Waals surface area contributed by atoms with Crippen molar-refractivity contribution in [1.29, 1.82) is 0 Å². The fourth-order valence-electron chi connectivity index (χ4n) is 2.91. The number of esters is 1. The van der Waals surface area contributed by atoms with Gasteiger partial charge in [-0.05, 0) is 57.6 Å². The molecule has 1 aliphatic rings. The monoisotopic (exact) mass is 292 g/mol. The van der Waals surface area contributed by atoms with Gasteiger partial charge in [-0.25, -0.2) is 0 Å². The standard InChI is InChI=1S/C16H24N2O3/c1-4-21-15(19)16(7-9-18(2)10-8-16)12-5-6-14(20-3)13(17)11-12/h5-6,11H,4,7-10,17H2,1-3H3. The van der Waals surface area contributed by atoms with E-state index in [9.17, 15) is 4.79 Å². The number of hydrogen-bond acceptors (Lipinski definition) is 5. The van der Waals surface area contributed by atoms with Gasteiger partial charge in [0.2, 0.25) is 0 Å². The number of piperidine rings is 1. The predicted molar refractivity (Wildman–Crippen MR) is 82.4 cm³/mol. The number of likely N-dealkylation sites (tertiary alicyclic amines) is 1. The normalized spacial score (nSPS) is 18.2. The molecule has 0 unspecified atom stereocenters. The van der Waals surface area contributed by atoms with Crippen LogP contribution in [0.1, 0.15) is 25.3 Å². The van der Waals surface area contributed by atoms with E-state index in [-0.39, 0.29) is 5.97 Å². The molecule has 2 N–H and O–H groups in total. The molecule has 2 rings (SSSR count). The summed E-state index contributed by atoms with van der Waals surface area (Å²) in [5.41, 5.74) is 6.89. The molecule has 1 aromatic carbocycles. The summed E-state index contributed by atoms with van der Waals surface area (Å²) in [7, 11) is 3.65. The van der Waals surface area contributed by atoms with Crippen molar-refractivity contribution in [3.05, 3.63) is 23.8 Å². The minimum atomic E-state index is -0.594. The summed E-state index contributed by atoms with van der Waals surface area (Å²) in [6.07, 6.45) is 1.49. The second-order valence-corrected chi connectivity index (χ2v) is 5.56. The highest BCUT2D eigenvalue weighted by molar-refractivity contribution is 5.84. The number of ether oxygens (including phenoxy) is 2. The van der Waals surface area contributed by atoms with Crippen LogP contribution < -0.4 is 10.5 Å². The summed E-state index contributed by atoms with van der Waals surface area (Å²) in [4.78, 5) is 14.8. The molecule has 0 saturated carbocycles. The van der Waals surface area contributed by atoms with Crippen LogP contribution in [0.5, 0.6) is 5.75 Å². The van der Waals surface area contributed by atoms with Gasteiger partial charge in [0.25, 0.3) is 0 Å². The number of anilines is 1. The number of carbonyl (C=O) groups is 1. The summed E-state index contributed by atoms with van der Waals surface area (Å²) in [6, 6.07) is 5.60. The van der Waals surface area contributed by atoms with Crippen LogP contribution in [0.4, 0.5) is 5.69 Å². The van der Waals surface area contributed by atoms with Crippen molar-refractivity contribution in [3.63, 3.8) is 0 Å². The number of hydrogen-bond donors (Lipinski definition) is 1. The molecule has 0 bridgehead atoms. The first-order valence-electron chi connectivity index (χ1n) is 7.33. The number of methoxy groups -OCH3 is 1. The Balaban J connectivity index is 2.40. The lowest BCUT2D eigenvalue weighted by molar-refractivity contribution is -0.152. The zero-order valence-corrected chi connectivity index (χ0v) is 13.0. The number of rotatable bonds is 4. The lowest BCUT2D eigenvalue weighted by Gasteiger charge is -2.39. The van der Waals surface area contributed by atoms with Gasteiger partial charge in [-0.1, -0.05) is 6.07 Å². The van der Waals surface area contributed by atoms with Crippen molar-refractivity contribution in [2.45, 2.75) is 25.2 Å². The van der Waals surface area contributed by atoms with Crippen LogP contribution in [-0.2, 0) is 14.9 Å². The Morgan fingerprint density at radius 3 is 2.57 bits per heavy atom. The van der Waals surface area contributed by atoms with Gasteiger partial charge in [-0.3, -0.25) is 4.79 Å². The van der Waals surface area contributed by atoms with E-state index < -0.39 is 5.41 Å². The molecule has 0 radical (unpaired) electrons. The molecular weight excluding hydrogens is 268 g/mol. The van der Waals surface area contributed by atoms with Gasteiger partial charge in [0.15, 0.2) is 0 Å². The van der Waals surface area contributed by atoms with Crippen molar-refractivity contribution in [3.8, 4) is 5.75 Å². The second kappa shape index (κ2) is 6.35. The molecule has 5 nitrogen and oxygen atoms in total. The summed E-state index contributed by atoms with van der Waals surface area (Å²) in [6.45, 7) is 3.96. The molecular formula is C16H24N2O3. The van der Waals surface area contributed by atoms with Crippen LogP contribution in [0.25, 0.3) is 0 Å². The largest absolute Gasteiger partial charge is 0.495 e. The number of nitrogens with zero attached hydrogens (tertiary/aromatic N) is 1. The topological polar surface area (TPSA) is 64.8 Å². The molecule has 0 aliphatic carbocycles. The summed E-state index contributed by atoms with van der Waals surface area (Å²) >= 11 is 0. The number of nitrogen functional groups attached to an aromatic ring is 1. The van der Waals surface area contributed by atoms with Crippen molar-refractivity contribution < 1.29 is 14.3 Å². The molecule has 5 heteroatoms. The molecule has 0 atom stereocenters. The van der Waals surface area contributed by atoms with E-state index in [2.05, 4.69) is 11.9 Å². The first kappa shape index (κ1) is 15.6. The average Bonchev–Trinajstić information content (AvgIpc) is 2.48. The van der Waals surface area contributed by atoms with Gasteiger partial charge in [-0.2, -0.15) is 0 Å². The Hall–Kier alpha value is -1.75. The van der Waals surface area contributed by atoms with Gasteiger partial charge < -0.3 is 20.1 Å². The Kier molecular flexibility index (Phi) is 4.73.